The highest BCUT2D eigenvalue weighted by molar-refractivity contribution is 14.1. The van der Waals surface area contributed by atoms with Crippen molar-refractivity contribution in [2.24, 2.45) is 0 Å². The molecule has 0 atom stereocenters. The molecule has 3 heteroatoms. The molecule has 1 rings (SSSR count). The molecule has 0 spiro atoms. The van der Waals surface area contributed by atoms with Crippen molar-refractivity contribution in [1.82, 2.24) is 0 Å². The molecule has 1 nitrogen and oxygen atoms in total. The first kappa shape index (κ1) is 9.19. The van der Waals surface area contributed by atoms with Gasteiger partial charge >= 0.3 is 0 Å². The van der Waals surface area contributed by atoms with Crippen LogP contribution < -0.4 is 0 Å². The third kappa shape index (κ3) is 1.82. The lowest BCUT2D eigenvalue weighted by atomic mass is 10.2. The van der Waals surface area contributed by atoms with E-state index in [1.54, 1.807) is 0 Å². The number of benzene rings is 1. The molecular weight excluding hydrogens is 319 g/mol. The van der Waals surface area contributed by atoms with Crippen molar-refractivity contribution in [2.75, 3.05) is 0 Å². The minimum absolute atomic E-state index is 0.739. The Morgan fingerprint density at radius 1 is 1.55 bits per heavy atom. The Balaban J connectivity index is 3.36. The maximum atomic E-state index is 10.5. The summed E-state index contributed by atoms with van der Waals surface area (Å²) in [6.07, 6.45) is 0.867. The van der Waals surface area contributed by atoms with Gasteiger partial charge in [-0.15, -0.1) is 0 Å². The Morgan fingerprint density at radius 2 is 2.18 bits per heavy atom. The molecule has 0 aromatic heterocycles. The predicted octanol–water partition coefficient (Wildman–Crippen LogP) is 3.17. The summed E-state index contributed by atoms with van der Waals surface area (Å²) in [5.41, 5.74) is 1.89. The standard InChI is InChI=1S/C8H6BrIO/c1-5-2-3-6(4-11)8(10)7(5)9/h2-4H,1H3. The van der Waals surface area contributed by atoms with E-state index in [4.69, 9.17) is 0 Å². The van der Waals surface area contributed by atoms with Crippen LogP contribution in [0.15, 0.2) is 16.6 Å². The molecule has 0 heterocycles. The number of carbonyl (C=O) groups is 1. The van der Waals surface area contributed by atoms with Gasteiger partial charge in [0.15, 0.2) is 6.29 Å². The third-order valence-electron chi connectivity index (χ3n) is 1.43. The van der Waals surface area contributed by atoms with Crippen LogP contribution in [-0.4, -0.2) is 6.29 Å². The van der Waals surface area contributed by atoms with Gasteiger partial charge in [-0.3, -0.25) is 4.79 Å². The summed E-state index contributed by atoms with van der Waals surface area (Å²) in [5.74, 6) is 0. The van der Waals surface area contributed by atoms with Crippen LogP contribution in [0.25, 0.3) is 0 Å². The van der Waals surface area contributed by atoms with Gasteiger partial charge in [0.2, 0.25) is 0 Å². The number of hydrogen-bond donors (Lipinski definition) is 0. The van der Waals surface area contributed by atoms with E-state index in [2.05, 4.69) is 38.5 Å². The zero-order valence-corrected chi connectivity index (χ0v) is 9.64. The molecule has 0 unspecified atom stereocenters. The first-order chi connectivity index (χ1) is 5.16. The van der Waals surface area contributed by atoms with Crippen LogP contribution in [0.2, 0.25) is 0 Å². The quantitative estimate of drug-likeness (QED) is 0.573. The molecule has 0 bridgehead atoms. The van der Waals surface area contributed by atoms with Crippen LogP contribution in [-0.2, 0) is 0 Å². The highest BCUT2D eigenvalue weighted by Gasteiger charge is 2.04. The summed E-state index contributed by atoms with van der Waals surface area (Å²) >= 11 is 5.56. The highest BCUT2D eigenvalue weighted by atomic mass is 127. The maximum Gasteiger partial charge on any atom is 0.151 e. The molecule has 0 fully saturated rings. The van der Waals surface area contributed by atoms with E-state index in [0.717, 1.165) is 25.5 Å². The van der Waals surface area contributed by atoms with Crippen molar-refractivity contribution in [1.29, 1.82) is 0 Å². The van der Waals surface area contributed by atoms with Gasteiger partial charge in [-0.25, -0.2) is 0 Å². The van der Waals surface area contributed by atoms with Gasteiger partial charge in [-0.2, -0.15) is 0 Å². The number of aldehydes is 1. The van der Waals surface area contributed by atoms with Crippen molar-refractivity contribution >= 4 is 44.8 Å². The largest absolute Gasteiger partial charge is 0.298 e. The van der Waals surface area contributed by atoms with Gasteiger partial charge in [-0.1, -0.05) is 12.1 Å². The average Bonchev–Trinajstić information content (AvgIpc) is 2.01. The summed E-state index contributed by atoms with van der Waals surface area (Å²) in [7, 11) is 0. The molecule has 1 aromatic carbocycles. The molecule has 0 aliphatic heterocycles. The van der Waals surface area contributed by atoms with E-state index in [1.165, 1.54) is 0 Å². The third-order valence-corrected chi connectivity index (χ3v) is 4.36. The summed E-state index contributed by atoms with van der Waals surface area (Å²) in [6, 6.07) is 3.75. The highest BCUT2D eigenvalue weighted by Crippen LogP contribution is 2.25. The van der Waals surface area contributed by atoms with Gasteiger partial charge in [0.25, 0.3) is 0 Å². The number of aryl methyl sites for hydroxylation is 1. The summed E-state index contributed by atoms with van der Waals surface area (Å²) in [5, 5.41) is 0. The van der Waals surface area contributed by atoms with Crippen LogP contribution in [0.3, 0.4) is 0 Å². The maximum absolute atomic E-state index is 10.5. The molecule has 11 heavy (non-hydrogen) atoms. The number of carbonyl (C=O) groups excluding carboxylic acids is 1. The van der Waals surface area contributed by atoms with Crippen LogP contribution in [0.1, 0.15) is 15.9 Å². The van der Waals surface area contributed by atoms with Gasteiger partial charge in [0.1, 0.15) is 0 Å². The SMILES string of the molecule is Cc1ccc(C=O)c(I)c1Br. The fourth-order valence-electron chi connectivity index (χ4n) is 0.752. The Morgan fingerprint density at radius 3 is 2.73 bits per heavy atom. The smallest absolute Gasteiger partial charge is 0.151 e. The van der Waals surface area contributed by atoms with E-state index in [0.29, 0.717) is 0 Å². The zero-order chi connectivity index (χ0) is 8.43. The Hall–Kier alpha value is 0.1000. The molecule has 0 saturated carbocycles. The lowest BCUT2D eigenvalue weighted by Gasteiger charge is -2.02. The van der Waals surface area contributed by atoms with Crippen molar-refractivity contribution < 1.29 is 4.79 Å². The molecule has 1 aromatic rings. The second-order valence-corrected chi connectivity index (χ2v) is 4.09. The van der Waals surface area contributed by atoms with Gasteiger partial charge in [-0.05, 0) is 51.0 Å². The molecule has 0 aliphatic carbocycles. The normalized spacial score (nSPS) is 9.73. The minimum Gasteiger partial charge on any atom is -0.298 e. The predicted molar refractivity (Wildman–Crippen MR) is 57.0 cm³/mol. The molecule has 0 N–H and O–H groups in total. The topological polar surface area (TPSA) is 17.1 Å². The van der Waals surface area contributed by atoms with E-state index in [-0.39, 0.29) is 0 Å². The summed E-state index contributed by atoms with van der Waals surface area (Å²) in [4.78, 5) is 10.5. The number of hydrogen-bond acceptors (Lipinski definition) is 1. The van der Waals surface area contributed by atoms with Gasteiger partial charge < -0.3 is 0 Å². The van der Waals surface area contributed by atoms with Crippen molar-refractivity contribution in [2.45, 2.75) is 6.92 Å². The van der Waals surface area contributed by atoms with Crippen molar-refractivity contribution in [3.8, 4) is 0 Å². The molecule has 58 valence electrons. The first-order valence-corrected chi connectivity index (χ1v) is 4.93. The Bertz CT molecular complexity index is 296. The number of rotatable bonds is 1. The lowest BCUT2D eigenvalue weighted by Crippen LogP contribution is -1.88. The minimum atomic E-state index is 0.739. The van der Waals surface area contributed by atoms with Crippen molar-refractivity contribution in [3.05, 3.63) is 31.3 Å². The fourth-order valence-corrected chi connectivity index (χ4v) is 1.85. The molecule has 0 amide bonds. The monoisotopic (exact) mass is 324 g/mol. The molecule has 0 aliphatic rings. The number of halogens is 2. The van der Waals surface area contributed by atoms with Crippen LogP contribution >= 0.6 is 38.5 Å². The second kappa shape index (κ2) is 3.67. The van der Waals surface area contributed by atoms with E-state index >= 15 is 0 Å². The summed E-state index contributed by atoms with van der Waals surface area (Å²) in [6.45, 7) is 2.00. The molecular formula is C8H6BrIO. The fraction of sp³-hybridized carbons (Fsp3) is 0.125. The van der Waals surface area contributed by atoms with Gasteiger partial charge in [0.05, 0.1) is 0 Å². The lowest BCUT2D eigenvalue weighted by molar-refractivity contribution is 0.112. The zero-order valence-electron chi connectivity index (χ0n) is 5.90. The van der Waals surface area contributed by atoms with Crippen LogP contribution in [0.4, 0.5) is 0 Å². The molecule has 0 saturated heterocycles. The summed E-state index contributed by atoms with van der Waals surface area (Å²) < 4.78 is 2.00. The van der Waals surface area contributed by atoms with Gasteiger partial charge in [0, 0.05) is 13.6 Å². The van der Waals surface area contributed by atoms with E-state index in [9.17, 15) is 4.79 Å². The van der Waals surface area contributed by atoms with Crippen molar-refractivity contribution in [3.63, 3.8) is 0 Å². The van der Waals surface area contributed by atoms with Crippen LogP contribution in [0.5, 0.6) is 0 Å². The molecule has 0 radical (unpaired) electrons. The van der Waals surface area contributed by atoms with E-state index < -0.39 is 0 Å². The average molecular weight is 325 g/mol. The first-order valence-electron chi connectivity index (χ1n) is 3.06. The second-order valence-electron chi connectivity index (χ2n) is 2.22. The Labute approximate surface area is 87.5 Å². The van der Waals surface area contributed by atoms with Crippen LogP contribution in [0, 0.1) is 10.5 Å². The van der Waals surface area contributed by atoms with E-state index in [1.807, 2.05) is 19.1 Å². The Kier molecular flexibility index (Phi) is 3.06.